The molecule has 1 aromatic heterocycles. The molecule has 0 saturated heterocycles. The van der Waals surface area contributed by atoms with Gasteiger partial charge in [-0.05, 0) is 18.2 Å². The molecule has 23 heavy (non-hydrogen) atoms. The maximum Gasteiger partial charge on any atom is 0.231 e. The Hall–Kier alpha value is -2.76. The largest absolute Gasteiger partial charge is 0.491 e. The van der Waals surface area contributed by atoms with E-state index in [0.717, 1.165) is 39.8 Å². The summed E-state index contributed by atoms with van der Waals surface area (Å²) in [6.07, 6.45) is 0. The molecule has 3 aromatic rings. The molecule has 6 heteroatoms. The van der Waals surface area contributed by atoms with Gasteiger partial charge in [-0.15, -0.1) is 0 Å². The van der Waals surface area contributed by atoms with Gasteiger partial charge in [-0.2, -0.15) is 0 Å². The van der Waals surface area contributed by atoms with Gasteiger partial charge in [0.25, 0.3) is 0 Å². The van der Waals surface area contributed by atoms with E-state index in [1.54, 1.807) is 7.11 Å². The summed E-state index contributed by atoms with van der Waals surface area (Å²) in [4.78, 5) is 5.67. The molecule has 3 heterocycles. The minimum absolute atomic E-state index is 0.222. The quantitative estimate of drug-likeness (QED) is 0.749. The van der Waals surface area contributed by atoms with Crippen molar-refractivity contribution in [3.8, 4) is 23.0 Å². The summed E-state index contributed by atoms with van der Waals surface area (Å²) in [7, 11) is 3.72. The zero-order valence-electron chi connectivity index (χ0n) is 12.9. The lowest BCUT2D eigenvalue weighted by molar-refractivity contribution is 0.171. The fourth-order valence-corrected chi connectivity index (χ4v) is 3.44. The van der Waals surface area contributed by atoms with Gasteiger partial charge in [0.05, 0.1) is 30.4 Å². The van der Waals surface area contributed by atoms with Crippen LogP contribution in [0.5, 0.6) is 23.0 Å². The van der Waals surface area contributed by atoms with Gasteiger partial charge in [0.1, 0.15) is 6.61 Å². The number of aromatic amines is 1. The lowest BCUT2D eigenvalue weighted by Crippen LogP contribution is -2.28. The fraction of sp³-hybridized carbons (Fsp3) is 0.294. The number of anilines is 1. The molecule has 6 nitrogen and oxygen atoms in total. The molecular weight excluding hydrogens is 296 g/mol. The first kappa shape index (κ1) is 12.8. The number of hydrogen-bond donors (Lipinski definition) is 1. The molecule has 0 aliphatic carbocycles. The number of aromatic nitrogens is 1. The van der Waals surface area contributed by atoms with Crippen LogP contribution in [-0.2, 0) is 0 Å². The van der Waals surface area contributed by atoms with E-state index in [4.69, 9.17) is 18.9 Å². The summed E-state index contributed by atoms with van der Waals surface area (Å²) in [5.41, 5.74) is 2.97. The molecule has 0 fully saturated rings. The highest BCUT2D eigenvalue weighted by Crippen LogP contribution is 2.49. The van der Waals surface area contributed by atoms with Gasteiger partial charge >= 0.3 is 0 Å². The van der Waals surface area contributed by atoms with Crippen LogP contribution < -0.4 is 23.8 Å². The first-order valence-electron chi connectivity index (χ1n) is 7.57. The summed E-state index contributed by atoms with van der Waals surface area (Å²) < 4.78 is 22.6. The topological polar surface area (TPSA) is 56.0 Å². The van der Waals surface area contributed by atoms with Crippen LogP contribution in [0.15, 0.2) is 18.2 Å². The van der Waals surface area contributed by atoms with Crippen molar-refractivity contribution >= 4 is 27.5 Å². The van der Waals surface area contributed by atoms with E-state index in [9.17, 15) is 0 Å². The van der Waals surface area contributed by atoms with Crippen LogP contribution in [0.1, 0.15) is 0 Å². The third-order valence-corrected chi connectivity index (χ3v) is 4.59. The molecular formula is C17H16N2O4. The first-order valence-corrected chi connectivity index (χ1v) is 7.57. The van der Waals surface area contributed by atoms with Gasteiger partial charge < -0.3 is 28.8 Å². The molecule has 5 rings (SSSR count). The van der Waals surface area contributed by atoms with Crippen LogP contribution in [0.3, 0.4) is 0 Å². The van der Waals surface area contributed by atoms with Crippen molar-refractivity contribution < 1.29 is 18.9 Å². The number of rotatable bonds is 1. The van der Waals surface area contributed by atoms with Crippen LogP contribution in [-0.4, -0.2) is 39.1 Å². The van der Waals surface area contributed by atoms with E-state index < -0.39 is 0 Å². The van der Waals surface area contributed by atoms with Gasteiger partial charge in [-0.3, -0.25) is 0 Å². The maximum absolute atomic E-state index is 5.93. The van der Waals surface area contributed by atoms with E-state index in [1.165, 1.54) is 0 Å². The second-order valence-corrected chi connectivity index (χ2v) is 5.80. The van der Waals surface area contributed by atoms with Crippen LogP contribution >= 0.6 is 0 Å². The molecule has 2 aliphatic heterocycles. The van der Waals surface area contributed by atoms with E-state index >= 15 is 0 Å². The summed E-state index contributed by atoms with van der Waals surface area (Å²) in [5.74, 6) is 2.92. The lowest BCUT2D eigenvalue weighted by atomic mass is 10.1. The molecule has 0 bridgehead atoms. The van der Waals surface area contributed by atoms with Crippen molar-refractivity contribution in [3.05, 3.63) is 18.2 Å². The van der Waals surface area contributed by atoms with Crippen LogP contribution in [0.4, 0.5) is 5.69 Å². The highest BCUT2D eigenvalue weighted by atomic mass is 16.7. The number of likely N-dealkylation sites (N-methyl/N-ethyl adjacent to an activating group) is 1. The predicted octanol–water partition coefficient (Wildman–Crippen LogP) is 2.89. The number of benzene rings is 2. The van der Waals surface area contributed by atoms with Crippen molar-refractivity contribution in [2.45, 2.75) is 0 Å². The van der Waals surface area contributed by atoms with Gasteiger partial charge in [-0.25, -0.2) is 0 Å². The number of hydrogen-bond acceptors (Lipinski definition) is 5. The number of methoxy groups -OCH3 is 1. The molecule has 0 radical (unpaired) electrons. The Morgan fingerprint density at radius 1 is 1.09 bits per heavy atom. The van der Waals surface area contributed by atoms with Crippen LogP contribution in [0.25, 0.3) is 21.8 Å². The van der Waals surface area contributed by atoms with Gasteiger partial charge in [0.2, 0.25) is 12.5 Å². The second-order valence-electron chi connectivity index (χ2n) is 5.80. The zero-order chi connectivity index (χ0) is 15.6. The van der Waals surface area contributed by atoms with E-state index in [2.05, 4.69) is 29.1 Å². The molecule has 0 unspecified atom stereocenters. The number of ether oxygens (including phenoxy) is 4. The minimum atomic E-state index is 0.222. The average molecular weight is 312 g/mol. The molecule has 1 N–H and O–H groups in total. The van der Waals surface area contributed by atoms with E-state index in [-0.39, 0.29) is 6.79 Å². The molecule has 0 saturated carbocycles. The van der Waals surface area contributed by atoms with Gasteiger partial charge in [0.15, 0.2) is 17.2 Å². The van der Waals surface area contributed by atoms with Crippen LogP contribution in [0, 0.1) is 0 Å². The third-order valence-electron chi connectivity index (χ3n) is 4.59. The number of fused-ring (bicyclic) bond motifs is 6. The first-order chi connectivity index (χ1) is 11.3. The zero-order valence-corrected chi connectivity index (χ0v) is 12.9. The molecule has 0 amide bonds. The summed E-state index contributed by atoms with van der Waals surface area (Å²) in [6.45, 7) is 1.79. The van der Waals surface area contributed by atoms with Crippen molar-refractivity contribution in [2.24, 2.45) is 0 Å². The Morgan fingerprint density at radius 2 is 2.00 bits per heavy atom. The Kier molecular flexibility index (Phi) is 2.43. The monoisotopic (exact) mass is 312 g/mol. The fourth-order valence-electron chi connectivity index (χ4n) is 3.44. The van der Waals surface area contributed by atoms with Crippen LogP contribution in [0.2, 0.25) is 0 Å². The smallest absolute Gasteiger partial charge is 0.231 e. The number of H-pyrrole nitrogens is 1. The van der Waals surface area contributed by atoms with Crippen molar-refractivity contribution in [3.63, 3.8) is 0 Å². The van der Waals surface area contributed by atoms with Crippen molar-refractivity contribution in [1.29, 1.82) is 0 Å². The molecule has 0 atom stereocenters. The highest BCUT2D eigenvalue weighted by molar-refractivity contribution is 6.13. The second kappa shape index (κ2) is 4.38. The van der Waals surface area contributed by atoms with Gasteiger partial charge in [-0.1, -0.05) is 0 Å². The molecule has 0 spiro atoms. The molecule has 118 valence electrons. The Morgan fingerprint density at radius 3 is 2.87 bits per heavy atom. The minimum Gasteiger partial charge on any atom is -0.491 e. The summed E-state index contributed by atoms with van der Waals surface area (Å²) >= 11 is 0. The standard InChI is InChI=1S/C17H16N2O4/c1-19-5-6-21-15-11(19)4-3-9-10-7-12-16(23-8-22-12)17(20-2)14(10)18-13(9)15/h3-4,7,18H,5-6,8H2,1-2H3. The predicted molar refractivity (Wildman–Crippen MR) is 87.2 cm³/mol. The van der Waals surface area contributed by atoms with E-state index in [0.29, 0.717) is 23.9 Å². The highest BCUT2D eigenvalue weighted by Gasteiger charge is 2.26. The van der Waals surface area contributed by atoms with Crippen molar-refractivity contribution in [1.82, 2.24) is 4.98 Å². The molecule has 2 aromatic carbocycles. The third kappa shape index (κ3) is 1.58. The van der Waals surface area contributed by atoms with Gasteiger partial charge in [0, 0.05) is 17.8 Å². The average Bonchev–Trinajstić information content (AvgIpc) is 3.17. The number of nitrogens with zero attached hydrogens (tertiary/aromatic N) is 1. The maximum atomic E-state index is 5.93. The SMILES string of the molecule is COc1c2c(cc3c1[nH]c1c4c(ccc13)N(C)CCO4)OCO2. The summed E-state index contributed by atoms with van der Waals surface area (Å²) in [6, 6.07) is 6.21. The van der Waals surface area contributed by atoms with E-state index in [1.807, 2.05) is 6.07 Å². The Bertz CT molecular complexity index is 947. The Balaban J connectivity index is 1.89. The van der Waals surface area contributed by atoms with Crippen molar-refractivity contribution in [2.75, 3.05) is 39.0 Å². The summed E-state index contributed by atoms with van der Waals surface area (Å²) in [5, 5.41) is 2.13. The molecule has 2 aliphatic rings. The Labute approximate surface area is 132 Å². The normalized spacial score (nSPS) is 15.8. The number of nitrogens with one attached hydrogen (secondary N) is 1. The lowest BCUT2D eigenvalue weighted by Gasteiger charge is -2.27.